The van der Waals surface area contributed by atoms with Gasteiger partial charge >= 0.3 is 0 Å². The van der Waals surface area contributed by atoms with Crippen molar-refractivity contribution < 1.29 is 9.90 Å². The predicted molar refractivity (Wildman–Crippen MR) is 85.7 cm³/mol. The van der Waals surface area contributed by atoms with Crippen LogP contribution in [0.2, 0.25) is 0 Å². The molecule has 0 saturated heterocycles. The highest BCUT2D eigenvalue weighted by Gasteiger charge is 2.20. The van der Waals surface area contributed by atoms with Crippen molar-refractivity contribution in [2.24, 2.45) is 0 Å². The molecule has 1 aromatic heterocycles. The van der Waals surface area contributed by atoms with Gasteiger partial charge < -0.3 is 14.9 Å². The van der Waals surface area contributed by atoms with Gasteiger partial charge in [0, 0.05) is 38.1 Å². The molecule has 1 rings (SSSR count). The maximum Gasteiger partial charge on any atom is 0.272 e. The minimum Gasteiger partial charge on any atom is -0.389 e. The lowest BCUT2D eigenvalue weighted by molar-refractivity contribution is 0.0767. The molecule has 0 bridgehead atoms. The van der Waals surface area contributed by atoms with Gasteiger partial charge in [0.1, 0.15) is 5.69 Å². The fraction of sp³-hybridized carbons (Fsp3) is 0.625. The zero-order valence-electron chi connectivity index (χ0n) is 13.8. The van der Waals surface area contributed by atoms with Crippen molar-refractivity contribution in [1.29, 1.82) is 0 Å². The molecule has 118 valence electrons. The molecule has 5 heteroatoms. The molecular formula is C16H27N3O2. The summed E-state index contributed by atoms with van der Waals surface area (Å²) in [6, 6.07) is 3.67. The molecule has 21 heavy (non-hydrogen) atoms. The number of nitrogens with zero attached hydrogens (tertiary/aromatic N) is 3. The summed E-state index contributed by atoms with van der Waals surface area (Å²) >= 11 is 0. The van der Waals surface area contributed by atoms with Crippen LogP contribution in [0.25, 0.3) is 0 Å². The van der Waals surface area contributed by atoms with Gasteiger partial charge in [-0.2, -0.15) is 0 Å². The smallest absolute Gasteiger partial charge is 0.272 e. The van der Waals surface area contributed by atoms with E-state index in [0.29, 0.717) is 25.3 Å². The first-order chi connectivity index (χ1) is 9.82. The monoisotopic (exact) mass is 293 g/mol. The first kappa shape index (κ1) is 17.4. The summed E-state index contributed by atoms with van der Waals surface area (Å²) < 4.78 is 0. The number of pyridine rings is 1. The molecule has 0 unspecified atom stereocenters. The summed E-state index contributed by atoms with van der Waals surface area (Å²) in [6.45, 7) is 12.1. The molecule has 0 aliphatic carbocycles. The van der Waals surface area contributed by atoms with E-state index in [1.165, 1.54) is 0 Å². The topological polar surface area (TPSA) is 56.7 Å². The second kappa shape index (κ2) is 7.41. The molecule has 0 aliphatic heterocycles. The van der Waals surface area contributed by atoms with Crippen LogP contribution in [0.15, 0.2) is 18.3 Å². The number of hydrogen-bond donors (Lipinski definition) is 1. The van der Waals surface area contributed by atoms with E-state index in [2.05, 4.69) is 4.98 Å². The van der Waals surface area contributed by atoms with E-state index in [1.807, 2.05) is 31.7 Å². The van der Waals surface area contributed by atoms with Crippen LogP contribution in [0, 0.1) is 0 Å². The highest BCUT2D eigenvalue weighted by Crippen LogP contribution is 2.18. The van der Waals surface area contributed by atoms with Gasteiger partial charge in [-0.15, -0.1) is 0 Å². The number of rotatable bonds is 7. The summed E-state index contributed by atoms with van der Waals surface area (Å²) in [5.41, 5.74) is 0.568. The molecule has 1 N–H and O–H groups in total. The van der Waals surface area contributed by atoms with E-state index in [0.717, 1.165) is 12.2 Å². The molecule has 1 heterocycles. The molecule has 0 spiro atoms. The second-order valence-electron chi connectivity index (χ2n) is 5.70. The fourth-order valence-electron chi connectivity index (χ4n) is 2.26. The molecule has 0 radical (unpaired) electrons. The van der Waals surface area contributed by atoms with Crippen molar-refractivity contribution in [3.05, 3.63) is 24.0 Å². The molecule has 1 aromatic rings. The van der Waals surface area contributed by atoms with Crippen LogP contribution in [0.4, 0.5) is 5.69 Å². The summed E-state index contributed by atoms with van der Waals surface area (Å²) in [7, 11) is 0. The highest BCUT2D eigenvalue weighted by molar-refractivity contribution is 5.93. The molecule has 0 saturated carbocycles. The minimum absolute atomic E-state index is 0.0545. The minimum atomic E-state index is -0.789. The van der Waals surface area contributed by atoms with E-state index in [9.17, 15) is 9.90 Å². The third-order valence-corrected chi connectivity index (χ3v) is 3.34. The van der Waals surface area contributed by atoms with E-state index in [4.69, 9.17) is 0 Å². The van der Waals surface area contributed by atoms with Crippen molar-refractivity contribution in [3.63, 3.8) is 0 Å². The Balaban J connectivity index is 3.01. The number of aliphatic hydroxyl groups is 1. The molecule has 1 amide bonds. The third kappa shape index (κ3) is 5.01. The Morgan fingerprint density at radius 3 is 2.33 bits per heavy atom. The average Bonchev–Trinajstić information content (AvgIpc) is 2.45. The fourth-order valence-corrected chi connectivity index (χ4v) is 2.26. The average molecular weight is 293 g/mol. The van der Waals surface area contributed by atoms with Gasteiger partial charge in [-0.3, -0.25) is 9.78 Å². The van der Waals surface area contributed by atoms with Crippen molar-refractivity contribution in [3.8, 4) is 0 Å². The molecule has 0 aliphatic rings. The Hall–Kier alpha value is -1.62. The van der Waals surface area contributed by atoms with Crippen LogP contribution in [0.3, 0.4) is 0 Å². The van der Waals surface area contributed by atoms with Crippen molar-refractivity contribution in [2.75, 3.05) is 31.1 Å². The Labute approximate surface area is 127 Å². The zero-order chi connectivity index (χ0) is 16.0. The molecule has 0 fully saturated rings. The SMILES string of the molecule is CCN(CC)C(=O)c1cc(N(CC)CC(C)(C)O)ccn1. The lowest BCUT2D eigenvalue weighted by Crippen LogP contribution is -2.39. The summed E-state index contributed by atoms with van der Waals surface area (Å²) in [5, 5.41) is 9.99. The van der Waals surface area contributed by atoms with Gasteiger partial charge in [0.25, 0.3) is 5.91 Å². The lowest BCUT2D eigenvalue weighted by atomic mass is 10.1. The van der Waals surface area contributed by atoms with Gasteiger partial charge in [-0.25, -0.2) is 0 Å². The Bertz CT molecular complexity index is 465. The van der Waals surface area contributed by atoms with E-state index < -0.39 is 5.60 Å². The third-order valence-electron chi connectivity index (χ3n) is 3.34. The number of hydrogen-bond acceptors (Lipinski definition) is 4. The zero-order valence-corrected chi connectivity index (χ0v) is 13.8. The maximum atomic E-state index is 12.4. The second-order valence-corrected chi connectivity index (χ2v) is 5.70. The van der Waals surface area contributed by atoms with Gasteiger partial charge in [-0.05, 0) is 46.8 Å². The number of aromatic nitrogens is 1. The van der Waals surface area contributed by atoms with Gasteiger partial charge in [0.2, 0.25) is 0 Å². The maximum absolute atomic E-state index is 12.4. The van der Waals surface area contributed by atoms with Gasteiger partial charge in [0.05, 0.1) is 5.60 Å². The van der Waals surface area contributed by atoms with Crippen LogP contribution < -0.4 is 4.90 Å². The van der Waals surface area contributed by atoms with Crippen LogP contribution in [-0.4, -0.2) is 52.7 Å². The lowest BCUT2D eigenvalue weighted by Gasteiger charge is -2.30. The molecule has 0 aromatic carbocycles. The van der Waals surface area contributed by atoms with Crippen molar-refractivity contribution >= 4 is 11.6 Å². The van der Waals surface area contributed by atoms with Crippen LogP contribution >= 0.6 is 0 Å². The predicted octanol–water partition coefficient (Wildman–Crippen LogP) is 2.16. The number of amides is 1. The van der Waals surface area contributed by atoms with E-state index in [-0.39, 0.29) is 5.91 Å². The van der Waals surface area contributed by atoms with Crippen LogP contribution in [0.5, 0.6) is 0 Å². The molecular weight excluding hydrogens is 266 g/mol. The summed E-state index contributed by atoms with van der Waals surface area (Å²) in [4.78, 5) is 20.3. The normalized spacial score (nSPS) is 11.3. The van der Waals surface area contributed by atoms with Crippen molar-refractivity contribution in [1.82, 2.24) is 9.88 Å². The molecule has 5 nitrogen and oxygen atoms in total. The number of anilines is 1. The summed E-state index contributed by atoms with van der Waals surface area (Å²) in [6.07, 6.45) is 1.65. The van der Waals surface area contributed by atoms with E-state index in [1.54, 1.807) is 31.0 Å². The Morgan fingerprint density at radius 1 is 1.24 bits per heavy atom. The first-order valence-electron chi connectivity index (χ1n) is 7.55. The standard InChI is InChI=1S/C16H27N3O2/c1-6-18(7-2)15(20)14-11-13(9-10-17-14)19(8-3)12-16(4,5)21/h9-11,21H,6-8,12H2,1-5H3. The molecule has 0 atom stereocenters. The van der Waals surface area contributed by atoms with Crippen LogP contribution in [0.1, 0.15) is 45.1 Å². The first-order valence-corrected chi connectivity index (χ1v) is 7.55. The van der Waals surface area contributed by atoms with Gasteiger partial charge in [0.15, 0.2) is 0 Å². The summed E-state index contributed by atoms with van der Waals surface area (Å²) in [5.74, 6) is -0.0545. The Morgan fingerprint density at radius 2 is 1.86 bits per heavy atom. The largest absolute Gasteiger partial charge is 0.389 e. The number of likely N-dealkylation sites (N-methyl/N-ethyl adjacent to an activating group) is 1. The van der Waals surface area contributed by atoms with Gasteiger partial charge in [-0.1, -0.05) is 0 Å². The quantitative estimate of drug-likeness (QED) is 0.837. The highest BCUT2D eigenvalue weighted by atomic mass is 16.3. The Kier molecular flexibility index (Phi) is 6.15. The number of carbonyl (C=O) groups is 1. The van der Waals surface area contributed by atoms with E-state index >= 15 is 0 Å². The van der Waals surface area contributed by atoms with Crippen LogP contribution in [-0.2, 0) is 0 Å². The van der Waals surface area contributed by atoms with Crippen molar-refractivity contribution in [2.45, 2.75) is 40.2 Å². The number of carbonyl (C=O) groups excluding carboxylic acids is 1.